The average Bonchev–Trinajstić information content (AvgIpc) is 2.74. The van der Waals surface area contributed by atoms with Gasteiger partial charge in [0.2, 0.25) is 5.91 Å². The van der Waals surface area contributed by atoms with E-state index in [0.29, 0.717) is 6.54 Å². The highest BCUT2D eigenvalue weighted by atomic mass is 16.2. The molecular formula is C16H25N3O. The summed E-state index contributed by atoms with van der Waals surface area (Å²) in [7, 11) is 0. The van der Waals surface area contributed by atoms with Crippen LogP contribution in [0.5, 0.6) is 0 Å². The van der Waals surface area contributed by atoms with Gasteiger partial charge < -0.3 is 11.1 Å². The van der Waals surface area contributed by atoms with E-state index in [1.165, 1.54) is 12.8 Å². The van der Waals surface area contributed by atoms with Crippen molar-refractivity contribution in [2.24, 2.45) is 11.1 Å². The average molecular weight is 275 g/mol. The fraction of sp³-hybridized carbons (Fsp3) is 0.625. The maximum atomic E-state index is 12.7. The van der Waals surface area contributed by atoms with E-state index < -0.39 is 0 Å². The monoisotopic (exact) mass is 275 g/mol. The molecule has 1 fully saturated rings. The maximum absolute atomic E-state index is 12.7. The standard InChI is InChI=1S/C16H25N3O/c1-13(14-7-6-10-18-11-14)19-15(20)16(12-17)8-4-2-3-5-9-16/h6-7,10-11,13H,2-5,8-9,12,17H2,1H3,(H,19,20)/t13-/m1/s1. The lowest BCUT2D eigenvalue weighted by molar-refractivity contribution is -0.132. The molecule has 110 valence electrons. The minimum Gasteiger partial charge on any atom is -0.349 e. The van der Waals surface area contributed by atoms with Crippen molar-refractivity contribution in [3.8, 4) is 0 Å². The predicted molar refractivity (Wildman–Crippen MR) is 80.0 cm³/mol. The molecule has 1 aromatic rings. The minimum absolute atomic E-state index is 0.0251. The van der Waals surface area contributed by atoms with Gasteiger partial charge in [0.25, 0.3) is 0 Å². The first-order chi connectivity index (χ1) is 9.68. The molecule has 1 aliphatic rings. The van der Waals surface area contributed by atoms with Crippen molar-refractivity contribution in [1.82, 2.24) is 10.3 Å². The topological polar surface area (TPSA) is 68.0 Å². The quantitative estimate of drug-likeness (QED) is 0.830. The third-order valence-electron chi connectivity index (χ3n) is 4.47. The Morgan fingerprint density at radius 1 is 1.40 bits per heavy atom. The second-order valence-electron chi connectivity index (χ2n) is 5.88. The summed E-state index contributed by atoms with van der Waals surface area (Å²) >= 11 is 0. The number of pyridine rings is 1. The Labute approximate surface area is 121 Å². The van der Waals surface area contributed by atoms with E-state index in [-0.39, 0.29) is 17.4 Å². The Morgan fingerprint density at radius 2 is 2.10 bits per heavy atom. The molecule has 1 amide bonds. The number of hydrogen-bond acceptors (Lipinski definition) is 3. The number of rotatable bonds is 4. The van der Waals surface area contributed by atoms with Crippen molar-refractivity contribution < 1.29 is 4.79 Å². The van der Waals surface area contributed by atoms with Gasteiger partial charge in [-0.3, -0.25) is 9.78 Å². The number of nitrogens with one attached hydrogen (secondary N) is 1. The van der Waals surface area contributed by atoms with Crippen LogP contribution < -0.4 is 11.1 Å². The third kappa shape index (κ3) is 3.37. The van der Waals surface area contributed by atoms with E-state index in [1.54, 1.807) is 12.4 Å². The Morgan fingerprint density at radius 3 is 2.65 bits per heavy atom. The van der Waals surface area contributed by atoms with E-state index in [2.05, 4.69) is 10.3 Å². The van der Waals surface area contributed by atoms with E-state index in [1.807, 2.05) is 19.1 Å². The van der Waals surface area contributed by atoms with Gasteiger partial charge in [-0.05, 0) is 31.4 Å². The number of hydrogen-bond donors (Lipinski definition) is 2. The molecule has 20 heavy (non-hydrogen) atoms. The molecule has 0 unspecified atom stereocenters. The molecule has 0 radical (unpaired) electrons. The van der Waals surface area contributed by atoms with Crippen LogP contribution in [0.4, 0.5) is 0 Å². The molecule has 1 aliphatic carbocycles. The molecule has 1 atom stereocenters. The summed E-state index contributed by atoms with van der Waals surface area (Å²) in [6, 6.07) is 3.85. The van der Waals surface area contributed by atoms with Crippen molar-refractivity contribution in [3.63, 3.8) is 0 Å². The Bertz CT molecular complexity index is 425. The summed E-state index contributed by atoms with van der Waals surface area (Å²) in [5.74, 6) is 0.109. The number of amides is 1. The van der Waals surface area contributed by atoms with Crippen LogP contribution in [0.25, 0.3) is 0 Å². The summed E-state index contributed by atoms with van der Waals surface area (Å²) in [5.41, 5.74) is 6.61. The molecule has 0 saturated heterocycles. The van der Waals surface area contributed by atoms with E-state index in [0.717, 1.165) is 31.2 Å². The van der Waals surface area contributed by atoms with Gasteiger partial charge in [-0.1, -0.05) is 31.7 Å². The minimum atomic E-state index is -0.368. The lowest BCUT2D eigenvalue weighted by Crippen LogP contribution is -2.46. The summed E-state index contributed by atoms with van der Waals surface area (Å²) in [6.07, 6.45) is 10.0. The highest BCUT2D eigenvalue weighted by Gasteiger charge is 2.37. The Balaban J connectivity index is 2.05. The van der Waals surface area contributed by atoms with Gasteiger partial charge in [0, 0.05) is 18.9 Å². The first-order valence-corrected chi connectivity index (χ1v) is 7.59. The maximum Gasteiger partial charge on any atom is 0.227 e. The molecule has 2 rings (SSSR count). The molecule has 1 heterocycles. The van der Waals surface area contributed by atoms with Gasteiger partial charge in [-0.25, -0.2) is 0 Å². The van der Waals surface area contributed by atoms with Crippen LogP contribution in [-0.4, -0.2) is 17.4 Å². The van der Waals surface area contributed by atoms with Crippen LogP contribution in [0.2, 0.25) is 0 Å². The smallest absolute Gasteiger partial charge is 0.227 e. The van der Waals surface area contributed by atoms with Gasteiger partial charge in [-0.15, -0.1) is 0 Å². The predicted octanol–water partition coefficient (Wildman–Crippen LogP) is 2.56. The fourth-order valence-corrected chi connectivity index (χ4v) is 2.99. The lowest BCUT2D eigenvalue weighted by atomic mass is 9.79. The molecule has 1 aromatic heterocycles. The first-order valence-electron chi connectivity index (χ1n) is 7.59. The summed E-state index contributed by atoms with van der Waals surface area (Å²) in [4.78, 5) is 16.8. The number of carbonyl (C=O) groups excluding carboxylic acids is 1. The molecule has 3 N–H and O–H groups in total. The third-order valence-corrected chi connectivity index (χ3v) is 4.47. The Hall–Kier alpha value is -1.42. The summed E-state index contributed by atoms with van der Waals surface area (Å²) in [5, 5.41) is 3.13. The second kappa shape index (κ2) is 6.84. The van der Waals surface area contributed by atoms with Gasteiger partial charge in [0.15, 0.2) is 0 Å². The van der Waals surface area contributed by atoms with Gasteiger partial charge in [0.05, 0.1) is 11.5 Å². The number of carbonyl (C=O) groups is 1. The number of nitrogens with two attached hydrogens (primary N) is 1. The fourth-order valence-electron chi connectivity index (χ4n) is 2.99. The van der Waals surface area contributed by atoms with Crippen LogP contribution >= 0.6 is 0 Å². The van der Waals surface area contributed by atoms with Gasteiger partial charge in [-0.2, -0.15) is 0 Å². The first kappa shape index (κ1) is 15.0. The lowest BCUT2D eigenvalue weighted by Gasteiger charge is -2.31. The van der Waals surface area contributed by atoms with Crippen molar-refractivity contribution in [3.05, 3.63) is 30.1 Å². The van der Waals surface area contributed by atoms with Crippen molar-refractivity contribution >= 4 is 5.91 Å². The highest BCUT2D eigenvalue weighted by Crippen LogP contribution is 2.35. The van der Waals surface area contributed by atoms with Crippen molar-refractivity contribution in [1.29, 1.82) is 0 Å². The van der Waals surface area contributed by atoms with Crippen LogP contribution in [0.1, 0.15) is 57.1 Å². The van der Waals surface area contributed by atoms with Crippen LogP contribution in [0, 0.1) is 5.41 Å². The molecule has 4 nitrogen and oxygen atoms in total. The zero-order valence-electron chi connectivity index (χ0n) is 12.3. The highest BCUT2D eigenvalue weighted by molar-refractivity contribution is 5.83. The molecule has 1 saturated carbocycles. The van der Waals surface area contributed by atoms with Crippen molar-refractivity contribution in [2.45, 2.75) is 51.5 Å². The van der Waals surface area contributed by atoms with Gasteiger partial charge >= 0.3 is 0 Å². The van der Waals surface area contributed by atoms with Gasteiger partial charge in [0.1, 0.15) is 0 Å². The molecule has 4 heteroatoms. The zero-order valence-corrected chi connectivity index (χ0v) is 12.3. The number of aromatic nitrogens is 1. The Kier molecular flexibility index (Phi) is 5.12. The molecule has 0 aromatic carbocycles. The van der Waals surface area contributed by atoms with Crippen LogP contribution in [-0.2, 0) is 4.79 Å². The van der Waals surface area contributed by atoms with Crippen LogP contribution in [0.15, 0.2) is 24.5 Å². The molecular weight excluding hydrogens is 250 g/mol. The number of nitrogens with zero attached hydrogens (tertiary/aromatic N) is 1. The van der Waals surface area contributed by atoms with Crippen LogP contribution in [0.3, 0.4) is 0 Å². The molecule has 0 spiro atoms. The normalized spacial score (nSPS) is 19.9. The summed E-state index contributed by atoms with van der Waals surface area (Å²) in [6.45, 7) is 2.44. The second-order valence-corrected chi connectivity index (χ2v) is 5.88. The van der Waals surface area contributed by atoms with Crippen molar-refractivity contribution in [2.75, 3.05) is 6.54 Å². The van der Waals surface area contributed by atoms with E-state index in [9.17, 15) is 4.79 Å². The SMILES string of the molecule is C[C@@H](NC(=O)C1(CN)CCCCCC1)c1cccnc1. The molecule has 0 aliphatic heterocycles. The van der Waals surface area contributed by atoms with E-state index >= 15 is 0 Å². The zero-order chi connectivity index (χ0) is 14.4. The molecule has 0 bridgehead atoms. The largest absolute Gasteiger partial charge is 0.349 e. The van der Waals surface area contributed by atoms with E-state index in [4.69, 9.17) is 5.73 Å². The summed E-state index contributed by atoms with van der Waals surface area (Å²) < 4.78 is 0.